The van der Waals surface area contributed by atoms with Crippen LogP contribution in [0.25, 0.3) is 0 Å². The molecule has 1 aliphatic heterocycles. The van der Waals surface area contributed by atoms with E-state index in [1.165, 1.54) is 0 Å². The number of likely N-dealkylation sites (N-methyl/N-ethyl adjacent to an activating group) is 1. The number of nitrogens with zero attached hydrogens (tertiary/aromatic N) is 2. The van der Waals surface area contributed by atoms with Crippen LogP contribution in [0.3, 0.4) is 0 Å². The Hall–Kier alpha value is -1.43. The molecule has 0 aromatic carbocycles. The van der Waals surface area contributed by atoms with E-state index in [0.29, 0.717) is 18.7 Å². The van der Waals surface area contributed by atoms with Gasteiger partial charge >= 0.3 is 0 Å². The molecule has 102 valence electrons. The van der Waals surface area contributed by atoms with Gasteiger partial charge in [0.05, 0.1) is 0 Å². The van der Waals surface area contributed by atoms with E-state index in [4.69, 9.17) is 0 Å². The fourth-order valence-electron chi connectivity index (χ4n) is 2.26. The van der Waals surface area contributed by atoms with E-state index in [2.05, 4.69) is 26.2 Å². The van der Waals surface area contributed by atoms with E-state index in [1.54, 1.807) is 30.3 Å². The van der Waals surface area contributed by atoms with Crippen molar-refractivity contribution < 1.29 is 9.59 Å². The number of nitrogens with one attached hydrogen (secondary N) is 1. The summed E-state index contributed by atoms with van der Waals surface area (Å²) in [6, 6.07) is 3.07. The summed E-state index contributed by atoms with van der Waals surface area (Å²) < 4.78 is 0.825. The number of amides is 2. The molecule has 1 aliphatic rings. The maximum Gasteiger partial charge on any atom is 0.273 e. The molecule has 0 radical (unpaired) electrons. The van der Waals surface area contributed by atoms with E-state index in [-0.39, 0.29) is 17.9 Å². The molecule has 2 heterocycles. The number of halogens is 1. The number of pyridine rings is 1. The average Bonchev–Trinajstić information content (AvgIpc) is 2.46. The molecule has 1 N–H and O–H groups in total. The number of carbonyl (C=O) groups is 2. The van der Waals surface area contributed by atoms with E-state index in [9.17, 15) is 9.59 Å². The average molecular weight is 326 g/mol. The fraction of sp³-hybridized carbons (Fsp3) is 0.462. The van der Waals surface area contributed by atoms with Gasteiger partial charge < -0.3 is 10.2 Å². The lowest BCUT2D eigenvalue weighted by Crippen LogP contribution is -2.51. The minimum Gasteiger partial charge on any atom is -0.357 e. The van der Waals surface area contributed by atoms with Gasteiger partial charge in [-0.05, 0) is 47.3 Å². The van der Waals surface area contributed by atoms with Gasteiger partial charge in [-0.25, -0.2) is 4.98 Å². The maximum atomic E-state index is 12.4. The lowest BCUT2D eigenvalue weighted by Gasteiger charge is -2.34. The van der Waals surface area contributed by atoms with Gasteiger partial charge in [-0.1, -0.05) is 0 Å². The Morgan fingerprint density at radius 2 is 2.21 bits per heavy atom. The maximum absolute atomic E-state index is 12.4. The van der Waals surface area contributed by atoms with Crippen LogP contribution in [0.2, 0.25) is 0 Å². The lowest BCUT2D eigenvalue weighted by molar-refractivity contribution is -0.126. The Labute approximate surface area is 120 Å². The van der Waals surface area contributed by atoms with Crippen LogP contribution in [-0.2, 0) is 4.79 Å². The normalized spacial score (nSPS) is 19.1. The summed E-state index contributed by atoms with van der Waals surface area (Å²) in [6.07, 6.45) is 4.19. The molecule has 2 amide bonds. The Balaban J connectivity index is 2.20. The van der Waals surface area contributed by atoms with Gasteiger partial charge in [-0.2, -0.15) is 0 Å². The third-order valence-electron chi connectivity index (χ3n) is 3.26. The second kappa shape index (κ2) is 6.14. The molecule has 0 bridgehead atoms. The minimum absolute atomic E-state index is 0.106. The van der Waals surface area contributed by atoms with Crippen molar-refractivity contribution in [1.82, 2.24) is 15.2 Å². The van der Waals surface area contributed by atoms with Crippen molar-refractivity contribution in [2.24, 2.45) is 0 Å². The van der Waals surface area contributed by atoms with Crippen LogP contribution in [0.4, 0.5) is 0 Å². The van der Waals surface area contributed by atoms with Gasteiger partial charge in [-0.15, -0.1) is 0 Å². The van der Waals surface area contributed by atoms with Crippen LogP contribution in [0, 0.1) is 0 Å². The van der Waals surface area contributed by atoms with Crippen LogP contribution >= 0.6 is 15.9 Å². The Morgan fingerprint density at radius 1 is 1.42 bits per heavy atom. The molecule has 6 heteroatoms. The highest BCUT2D eigenvalue weighted by atomic mass is 79.9. The number of hydrogen-bond acceptors (Lipinski definition) is 3. The zero-order valence-corrected chi connectivity index (χ0v) is 12.3. The van der Waals surface area contributed by atoms with Gasteiger partial charge in [0, 0.05) is 24.3 Å². The summed E-state index contributed by atoms with van der Waals surface area (Å²) in [5.41, 5.74) is 0.374. The van der Waals surface area contributed by atoms with Crippen LogP contribution in [0.5, 0.6) is 0 Å². The van der Waals surface area contributed by atoms with E-state index in [0.717, 1.165) is 17.3 Å². The molecule has 1 aromatic heterocycles. The standard InChI is InChI=1S/C13H16BrN3O2/c1-15-12(18)11-4-2-3-7-17(11)13(19)10-6-5-9(14)8-16-10/h5-6,8,11H,2-4,7H2,1H3,(H,15,18). The number of hydrogen-bond donors (Lipinski definition) is 1. The van der Waals surface area contributed by atoms with Gasteiger partial charge in [0.15, 0.2) is 0 Å². The smallest absolute Gasteiger partial charge is 0.273 e. The van der Waals surface area contributed by atoms with Crippen molar-refractivity contribution in [3.63, 3.8) is 0 Å². The molecule has 1 fully saturated rings. The molecular formula is C13H16BrN3O2. The number of piperidine rings is 1. The SMILES string of the molecule is CNC(=O)C1CCCCN1C(=O)c1ccc(Br)cn1. The summed E-state index contributed by atoms with van der Waals surface area (Å²) in [7, 11) is 1.59. The molecule has 19 heavy (non-hydrogen) atoms. The number of likely N-dealkylation sites (tertiary alicyclic amines) is 1. The van der Waals surface area contributed by atoms with Crippen LogP contribution in [0.15, 0.2) is 22.8 Å². The number of aromatic nitrogens is 1. The first-order valence-corrected chi connectivity index (χ1v) is 7.07. The number of rotatable bonds is 2. The Kier molecular flexibility index (Phi) is 4.52. The van der Waals surface area contributed by atoms with Crippen molar-refractivity contribution in [3.8, 4) is 0 Å². The van der Waals surface area contributed by atoms with Crippen molar-refractivity contribution in [1.29, 1.82) is 0 Å². The highest BCUT2D eigenvalue weighted by Crippen LogP contribution is 2.19. The molecule has 2 rings (SSSR count). The van der Waals surface area contributed by atoms with Gasteiger partial charge in [0.25, 0.3) is 5.91 Å². The molecule has 5 nitrogen and oxygen atoms in total. The lowest BCUT2D eigenvalue weighted by atomic mass is 10.0. The third-order valence-corrected chi connectivity index (χ3v) is 3.73. The van der Waals surface area contributed by atoms with Crippen LogP contribution in [-0.4, -0.2) is 41.3 Å². The summed E-state index contributed by atoms with van der Waals surface area (Å²) in [5.74, 6) is -0.286. The summed E-state index contributed by atoms with van der Waals surface area (Å²) >= 11 is 3.29. The second-order valence-corrected chi connectivity index (χ2v) is 5.40. The van der Waals surface area contributed by atoms with E-state index >= 15 is 0 Å². The van der Waals surface area contributed by atoms with Crippen LogP contribution in [0.1, 0.15) is 29.8 Å². The summed E-state index contributed by atoms with van der Waals surface area (Å²) in [4.78, 5) is 30.0. The first kappa shape index (κ1) is 14.0. The molecule has 1 unspecified atom stereocenters. The van der Waals surface area contributed by atoms with Crippen molar-refractivity contribution >= 4 is 27.7 Å². The highest BCUT2D eigenvalue weighted by molar-refractivity contribution is 9.10. The molecular weight excluding hydrogens is 310 g/mol. The Bertz CT molecular complexity index is 475. The van der Waals surface area contributed by atoms with Crippen molar-refractivity contribution in [2.45, 2.75) is 25.3 Å². The van der Waals surface area contributed by atoms with E-state index < -0.39 is 0 Å². The minimum atomic E-state index is -0.378. The molecule has 1 aromatic rings. The van der Waals surface area contributed by atoms with E-state index in [1.807, 2.05) is 0 Å². The van der Waals surface area contributed by atoms with Gasteiger partial charge in [0.1, 0.15) is 11.7 Å². The quantitative estimate of drug-likeness (QED) is 0.898. The zero-order valence-electron chi connectivity index (χ0n) is 10.7. The Morgan fingerprint density at radius 3 is 2.84 bits per heavy atom. The first-order chi connectivity index (χ1) is 9.13. The van der Waals surface area contributed by atoms with Gasteiger partial charge in [-0.3, -0.25) is 9.59 Å². The summed E-state index contributed by atoms with van der Waals surface area (Å²) in [5, 5.41) is 2.62. The number of carbonyl (C=O) groups excluding carboxylic acids is 2. The van der Waals surface area contributed by atoms with Crippen molar-refractivity contribution in [3.05, 3.63) is 28.5 Å². The van der Waals surface area contributed by atoms with Crippen LogP contribution < -0.4 is 5.32 Å². The largest absolute Gasteiger partial charge is 0.357 e. The topological polar surface area (TPSA) is 62.3 Å². The monoisotopic (exact) mass is 325 g/mol. The van der Waals surface area contributed by atoms with Gasteiger partial charge in [0.2, 0.25) is 5.91 Å². The predicted molar refractivity (Wildman–Crippen MR) is 74.7 cm³/mol. The first-order valence-electron chi connectivity index (χ1n) is 6.27. The zero-order chi connectivity index (χ0) is 13.8. The molecule has 0 aliphatic carbocycles. The third kappa shape index (κ3) is 3.12. The molecule has 0 saturated carbocycles. The summed E-state index contributed by atoms with van der Waals surface area (Å²) in [6.45, 7) is 0.606. The van der Waals surface area contributed by atoms with Crippen molar-refractivity contribution in [2.75, 3.05) is 13.6 Å². The molecule has 1 atom stereocenters. The predicted octanol–water partition coefficient (Wildman–Crippen LogP) is 1.58. The molecule has 1 saturated heterocycles. The molecule has 0 spiro atoms. The highest BCUT2D eigenvalue weighted by Gasteiger charge is 2.32. The second-order valence-electron chi connectivity index (χ2n) is 4.49. The fourth-order valence-corrected chi connectivity index (χ4v) is 2.50.